The Hall–Kier alpha value is -1.75. The number of anilines is 1. The maximum atomic E-state index is 12.8. The summed E-state index contributed by atoms with van der Waals surface area (Å²) in [7, 11) is 3.18. The number of para-hydroxylation sites is 1. The van der Waals surface area contributed by atoms with Crippen LogP contribution < -0.4 is 10.5 Å². The fraction of sp³-hybridized carbons (Fsp3) is 0.562. The van der Waals surface area contributed by atoms with Gasteiger partial charge in [-0.05, 0) is 25.0 Å². The second kappa shape index (κ2) is 8.52. The van der Waals surface area contributed by atoms with Crippen molar-refractivity contribution in [3.8, 4) is 5.75 Å². The molecule has 0 aromatic heterocycles. The molecular formula is C16H26N2O3. The van der Waals surface area contributed by atoms with E-state index >= 15 is 0 Å². The van der Waals surface area contributed by atoms with Gasteiger partial charge in [0.05, 0.1) is 25.0 Å². The van der Waals surface area contributed by atoms with Crippen LogP contribution in [0.15, 0.2) is 18.2 Å². The number of benzene rings is 1. The van der Waals surface area contributed by atoms with Gasteiger partial charge < -0.3 is 20.1 Å². The lowest BCUT2D eigenvalue weighted by atomic mass is 10.1. The van der Waals surface area contributed by atoms with E-state index in [1.165, 1.54) is 0 Å². The van der Waals surface area contributed by atoms with Gasteiger partial charge in [0.2, 0.25) is 0 Å². The molecular weight excluding hydrogens is 268 g/mol. The van der Waals surface area contributed by atoms with Crippen LogP contribution in [0.5, 0.6) is 5.75 Å². The van der Waals surface area contributed by atoms with E-state index in [9.17, 15) is 4.79 Å². The Morgan fingerprint density at radius 1 is 1.29 bits per heavy atom. The van der Waals surface area contributed by atoms with Gasteiger partial charge in [0, 0.05) is 19.7 Å². The van der Waals surface area contributed by atoms with Crippen molar-refractivity contribution in [3.63, 3.8) is 0 Å². The zero-order chi connectivity index (χ0) is 15.8. The Morgan fingerprint density at radius 3 is 2.48 bits per heavy atom. The van der Waals surface area contributed by atoms with Crippen LogP contribution in [0.1, 0.15) is 37.0 Å². The molecule has 1 aromatic rings. The molecule has 0 heterocycles. The molecule has 1 rings (SSSR count). The van der Waals surface area contributed by atoms with Gasteiger partial charge in [0.1, 0.15) is 5.75 Å². The number of ether oxygens (including phenoxy) is 2. The van der Waals surface area contributed by atoms with Crippen LogP contribution in [-0.2, 0) is 4.74 Å². The predicted molar refractivity (Wildman–Crippen MR) is 84.7 cm³/mol. The molecule has 0 aliphatic rings. The Morgan fingerprint density at radius 2 is 1.95 bits per heavy atom. The van der Waals surface area contributed by atoms with E-state index in [0.29, 0.717) is 30.2 Å². The number of carbonyl (C=O) groups is 1. The van der Waals surface area contributed by atoms with Crippen LogP contribution in [0.2, 0.25) is 0 Å². The van der Waals surface area contributed by atoms with E-state index in [1.54, 1.807) is 32.4 Å². The molecule has 5 nitrogen and oxygen atoms in total. The lowest BCUT2D eigenvalue weighted by Crippen LogP contribution is -2.42. The third-order valence-electron chi connectivity index (χ3n) is 3.70. The summed E-state index contributed by atoms with van der Waals surface area (Å²) in [6, 6.07) is 5.45. The van der Waals surface area contributed by atoms with Crippen molar-refractivity contribution >= 4 is 11.6 Å². The fourth-order valence-corrected chi connectivity index (χ4v) is 2.43. The number of nitrogen functional groups attached to an aromatic ring is 1. The smallest absolute Gasteiger partial charge is 0.256 e. The minimum absolute atomic E-state index is 0.0721. The molecule has 1 aromatic carbocycles. The van der Waals surface area contributed by atoms with Crippen LogP contribution in [0.4, 0.5) is 5.69 Å². The van der Waals surface area contributed by atoms with E-state index in [0.717, 1.165) is 12.8 Å². The first-order chi connectivity index (χ1) is 10.1. The highest BCUT2D eigenvalue weighted by Gasteiger charge is 2.24. The van der Waals surface area contributed by atoms with Crippen molar-refractivity contribution in [2.24, 2.45) is 0 Å². The second-order valence-corrected chi connectivity index (χ2v) is 4.88. The lowest BCUT2D eigenvalue weighted by Gasteiger charge is -2.31. The summed E-state index contributed by atoms with van der Waals surface area (Å²) in [5.74, 6) is 0.453. The van der Waals surface area contributed by atoms with Crippen LogP contribution in [-0.4, -0.2) is 44.2 Å². The predicted octanol–water partition coefficient (Wildman–Crippen LogP) is 2.55. The maximum Gasteiger partial charge on any atom is 0.256 e. The third kappa shape index (κ3) is 4.11. The fourth-order valence-electron chi connectivity index (χ4n) is 2.43. The minimum atomic E-state index is -0.0721. The zero-order valence-corrected chi connectivity index (χ0v) is 13.4. The van der Waals surface area contributed by atoms with Crippen molar-refractivity contribution < 1.29 is 14.3 Å². The first-order valence-corrected chi connectivity index (χ1v) is 7.32. The van der Waals surface area contributed by atoms with Crippen molar-refractivity contribution in [1.82, 2.24) is 4.90 Å². The highest BCUT2D eigenvalue weighted by molar-refractivity contribution is 6.00. The zero-order valence-electron chi connectivity index (χ0n) is 13.4. The summed E-state index contributed by atoms with van der Waals surface area (Å²) in [5, 5.41) is 0. The number of hydrogen-bond donors (Lipinski definition) is 1. The average Bonchev–Trinajstić information content (AvgIpc) is 2.51. The Labute approximate surface area is 127 Å². The van der Waals surface area contributed by atoms with E-state index in [4.69, 9.17) is 15.2 Å². The number of hydrogen-bond acceptors (Lipinski definition) is 4. The van der Waals surface area contributed by atoms with E-state index in [-0.39, 0.29) is 11.9 Å². The Kier molecular flexibility index (Phi) is 7.02. The first-order valence-electron chi connectivity index (χ1n) is 7.32. The van der Waals surface area contributed by atoms with Gasteiger partial charge in [0.15, 0.2) is 0 Å². The van der Waals surface area contributed by atoms with Gasteiger partial charge >= 0.3 is 0 Å². The van der Waals surface area contributed by atoms with E-state index in [1.807, 2.05) is 4.90 Å². The summed E-state index contributed by atoms with van der Waals surface area (Å²) in [6.45, 7) is 5.22. The first kappa shape index (κ1) is 17.3. The van der Waals surface area contributed by atoms with Crippen molar-refractivity contribution in [1.29, 1.82) is 0 Å². The SMILES string of the molecule is CCC(CC)N(CCOC)C(=O)c1cccc(OC)c1N. The summed E-state index contributed by atoms with van der Waals surface area (Å²) in [4.78, 5) is 14.7. The van der Waals surface area contributed by atoms with Gasteiger partial charge in [0.25, 0.3) is 5.91 Å². The number of carbonyl (C=O) groups excluding carboxylic acids is 1. The molecule has 1 amide bonds. The molecule has 0 radical (unpaired) electrons. The molecule has 0 atom stereocenters. The standard InChI is InChI=1S/C16H26N2O3/c1-5-12(6-2)18(10-11-20-3)16(19)13-8-7-9-14(21-4)15(13)17/h7-9,12H,5-6,10-11,17H2,1-4H3. The van der Waals surface area contributed by atoms with Gasteiger partial charge in [-0.25, -0.2) is 0 Å². The van der Waals surface area contributed by atoms with Crippen LogP contribution in [0.25, 0.3) is 0 Å². The minimum Gasteiger partial charge on any atom is -0.495 e. The number of methoxy groups -OCH3 is 2. The summed E-state index contributed by atoms with van der Waals surface area (Å²) >= 11 is 0. The van der Waals surface area contributed by atoms with E-state index in [2.05, 4.69) is 13.8 Å². The normalized spacial score (nSPS) is 10.7. The number of nitrogens with zero attached hydrogens (tertiary/aromatic N) is 1. The van der Waals surface area contributed by atoms with Gasteiger partial charge in [-0.1, -0.05) is 19.9 Å². The number of nitrogens with two attached hydrogens (primary N) is 1. The molecule has 2 N–H and O–H groups in total. The molecule has 0 unspecified atom stereocenters. The largest absolute Gasteiger partial charge is 0.495 e. The molecule has 0 aliphatic carbocycles. The Balaban J connectivity index is 3.09. The highest BCUT2D eigenvalue weighted by Crippen LogP contribution is 2.26. The van der Waals surface area contributed by atoms with Crippen molar-refractivity contribution in [3.05, 3.63) is 23.8 Å². The highest BCUT2D eigenvalue weighted by atomic mass is 16.5. The molecule has 0 saturated heterocycles. The van der Waals surface area contributed by atoms with Gasteiger partial charge in [-0.3, -0.25) is 4.79 Å². The second-order valence-electron chi connectivity index (χ2n) is 4.88. The van der Waals surface area contributed by atoms with E-state index < -0.39 is 0 Å². The quantitative estimate of drug-likeness (QED) is 0.748. The molecule has 118 valence electrons. The molecule has 0 bridgehead atoms. The molecule has 5 heteroatoms. The van der Waals surface area contributed by atoms with Crippen LogP contribution in [0, 0.1) is 0 Å². The molecule has 0 saturated carbocycles. The molecule has 0 aliphatic heterocycles. The molecule has 0 spiro atoms. The number of amides is 1. The average molecular weight is 294 g/mol. The third-order valence-corrected chi connectivity index (χ3v) is 3.70. The molecule has 21 heavy (non-hydrogen) atoms. The summed E-state index contributed by atoms with van der Waals surface area (Å²) < 4.78 is 10.3. The van der Waals surface area contributed by atoms with Crippen LogP contribution in [0.3, 0.4) is 0 Å². The lowest BCUT2D eigenvalue weighted by molar-refractivity contribution is 0.0590. The summed E-state index contributed by atoms with van der Waals surface area (Å²) in [6.07, 6.45) is 1.80. The van der Waals surface area contributed by atoms with Gasteiger partial charge in [-0.2, -0.15) is 0 Å². The topological polar surface area (TPSA) is 64.8 Å². The van der Waals surface area contributed by atoms with Crippen LogP contribution >= 0.6 is 0 Å². The van der Waals surface area contributed by atoms with Gasteiger partial charge in [-0.15, -0.1) is 0 Å². The summed E-state index contributed by atoms with van der Waals surface area (Å²) in [5.41, 5.74) is 6.91. The van der Waals surface area contributed by atoms with Crippen molar-refractivity contribution in [2.75, 3.05) is 33.1 Å². The Bertz CT molecular complexity index is 459. The molecule has 0 fully saturated rings. The maximum absolute atomic E-state index is 12.8. The van der Waals surface area contributed by atoms with Crippen molar-refractivity contribution in [2.45, 2.75) is 32.7 Å². The monoisotopic (exact) mass is 294 g/mol. The number of rotatable bonds is 8.